The van der Waals surface area contributed by atoms with E-state index in [0.717, 1.165) is 47.2 Å². The van der Waals surface area contributed by atoms with Gasteiger partial charge in [-0.2, -0.15) is 0 Å². The van der Waals surface area contributed by atoms with Crippen LogP contribution in [-0.2, 0) is 17.8 Å². The summed E-state index contributed by atoms with van der Waals surface area (Å²) in [6.07, 6.45) is 4.43. The van der Waals surface area contributed by atoms with Crippen molar-refractivity contribution < 1.29 is 4.79 Å². The Bertz CT molecular complexity index is 1090. The highest BCUT2D eigenvalue weighted by Crippen LogP contribution is 2.28. The van der Waals surface area contributed by atoms with Crippen molar-refractivity contribution in [3.63, 3.8) is 0 Å². The Balaban J connectivity index is 1.44. The van der Waals surface area contributed by atoms with E-state index >= 15 is 0 Å². The van der Waals surface area contributed by atoms with Crippen LogP contribution in [0, 0.1) is 6.92 Å². The van der Waals surface area contributed by atoms with E-state index in [1.165, 1.54) is 4.88 Å². The summed E-state index contributed by atoms with van der Waals surface area (Å²) in [6, 6.07) is 9.97. The molecule has 6 nitrogen and oxygen atoms in total. The van der Waals surface area contributed by atoms with Gasteiger partial charge in [0.25, 0.3) is 5.56 Å². The molecule has 3 aromatic rings. The van der Waals surface area contributed by atoms with Crippen LogP contribution < -0.4 is 10.9 Å². The van der Waals surface area contributed by atoms with Crippen molar-refractivity contribution in [1.29, 1.82) is 0 Å². The molecule has 1 amide bonds. The van der Waals surface area contributed by atoms with E-state index < -0.39 is 0 Å². The standard InChI is InChI=1S/C23H28N4O2S/c1-3-19-16(2)30-22-21(19)23(29)27(15-25-22)18-10-7-11-26(13-18)14-20(28)24-12-17-8-5-4-6-9-17/h4-6,8-9,15,18H,3,7,10-14H2,1-2H3,(H,24,28). The quantitative estimate of drug-likeness (QED) is 0.659. The second-order valence-electron chi connectivity index (χ2n) is 7.92. The number of rotatable bonds is 6. The summed E-state index contributed by atoms with van der Waals surface area (Å²) in [5, 5.41) is 3.77. The lowest BCUT2D eigenvalue weighted by Gasteiger charge is -2.33. The molecule has 1 fully saturated rings. The van der Waals surface area contributed by atoms with Gasteiger partial charge in [-0.05, 0) is 43.9 Å². The molecule has 7 heteroatoms. The molecule has 1 aliphatic heterocycles. The van der Waals surface area contributed by atoms with Gasteiger partial charge in [-0.3, -0.25) is 19.1 Å². The summed E-state index contributed by atoms with van der Waals surface area (Å²) < 4.78 is 1.79. The zero-order chi connectivity index (χ0) is 21.1. The van der Waals surface area contributed by atoms with E-state index in [4.69, 9.17) is 0 Å². The molecule has 0 bridgehead atoms. The zero-order valence-corrected chi connectivity index (χ0v) is 18.4. The largest absolute Gasteiger partial charge is 0.351 e. The van der Waals surface area contributed by atoms with Gasteiger partial charge in [0.15, 0.2) is 0 Å². The number of nitrogens with one attached hydrogen (secondary N) is 1. The molecule has 0 aliphatic carbocycles. The number of benzene rings is 1. The summed E-state index contributed by atoms with van der Waals surface area (Å²) in [5.74, 6) is 0.0159. The lowest BCUT2D eigenvalue weighted by Crippen LogP contribution is -2.44. The molecule has 0 saturated carbocycles. The maximum Gasteiger partial charge on any atom is 0.262 e. The first-order valence-electron chi connectivity index (χ1n) is 10.6. The molecule has 4 rings (SSSR count). The third kappa shape index (κ3) is 4.32. The van der Waals surface area contributed by atoms with E-state index in [1.807, 2.05) is 30.3 Å². The van der Waals surface area contributed by atoms with Gasteiger partial charge in [0.1, 0.15) is 4.83 Å². The minimum Gasteiger partial charge on any atom is -0.351 e. The highest BCUT2D eigenvalue weighted by Gasteiger charge is 2.25. The van der Waals surface area contributed by atoms with Gasteiger partial charge in [0.2, 0.25) is 5.91 Å². The second-order valence-corrected chi connectivity index (χ2v) is 9.12. The number of amides is 1. The highest BCUT2D eigenvalue weighted by atomic mass is 32.1. The van der Waals surface area contributed by atoms with Crippen LogP contribution in [0.25, 0.3) is 10.2 Å². The molecule has 2 aromatic heterocycles. The lowest BCUT2D eigenvalue weighted by atomic mass is 10.0. The Kier molecular flexibility index (Phi) is 6.29. The molecule has 1 aromatic carbocycles. The molecule has 3 heterocycles. The third-order valence-corrected chi connectivity index (χ3v) is 6.92. The van der Waals surface area contributed by atoms with Crippen molar-refractivity contribution in [2.75, 3.05) is 19.6 Å². The summed E-state index contributed by atoms with van der Waals surface area (Å²) in [7, 11) is 0. The fourth-order valence-electron chi connectivity index (χ4n) is 4.31. The van der Waals surface area contributed by atoms with E-state index in [9.17, 15) is 9.59 Å². The van der Waals surface area contributed by atoms with Gasteiger partial charge in [0, 0.05) is 18.0 Å². The second kappa shape index (κ2) is 9.10. The highest BCUT2D eigenvalue weighted by molar-refractivity contribution is 7.18. The Morgan fingerprint density at radius 2 is 2.10 bits per heavy atom. The first kappa shape index (κ1) is 20.8. The van der Waals surface area contributed by atoms with Crippen molar-refractivity contribution in [3.8, 4) is 0 Å². The van der Waals surface area contributed by atoms with Crippen LogP contribution in [0.1, 0.15) is 41.8 Å². The molecule has 1 saturated heterocycles. The summed E-state index contributed by atoms with van der Waals surface area (Å²) in [5.41, 5.74) is 2.27. The predicted molar refractivity (Wildman–Crippen MR) is 121 cm³/mol. The molecule has 30 heavy (non-hydrogen) atoms. The number of thiophene rings is 1. The molecular formula is C23H28N4O2S. The molecule has 0 spiro atoms. The number of fused-ring (bicyclic) bond motifs is 1. The monoisotopic (exact) mass is 424 g/mol. The fraction of sp³-hybridized carbons (Fsp3) is 0.435. The first-order chi connectivity index (χ1) is 14.6. The molecule has 1 aliphatic rings. The van der Waals surface area contributed by atoms with E-state index in [0.29, 0.717) is 19.6 Å². The first-order valence-corrected chi connectivity index (χ1v) is 11.4. The number of carbonyl (C=O) groups is 1. The van der Waals surface area contributed by atoms with Crippen molar-refractivity contribution in [2.45, 2.75) is 45.7 Å². The van der Waals surface area contributed by atoms with Gasteiger partial charge in [-0.1, -0.05) is 37.3 Å². The van der Waals surface area contributed by atoms with Crippen LogP contribution >= 0.6 is 11.3 Å². The number of likely N-dealkylation sites (tertiary alicyclic amines) is 1. The van der Waals surface area contributed by atoms with Crippen molar-refractivity contribution in [2.24, 2.45) is 0 Å². The SMILES string of the molecule is CCc1c(C)sc2ncn(C3CCCN(CC(=O)NCc4ccccc4)C3)c(=O)c12. The Hall–Kier alpha value is -2.51. The number of hydrogen-bond acceptors (Lipinski definition) is 5. The maximum absolute atomic E-state index is 13.2. The van der Waals surface area contributed by atoms with Crippen LogP contribution in [0.2, 0.25) is 0 Å². The molecule has 158 valence electrons. The summed E-state index contributed by atoms with van der Waals surface area (Å²) in [4.78, 5) is 34.4. The number of aromatic nitrogens is 2. The number of carbonyl (C=O) groups excluding carboxylic acids is 1. The van der Waals surface area contributed by atoms with E-state index in [1.54, 1.807) is 22.2 Å². The average molecular weight is 425 g/mol. The summed E-state index contributed by atoms with van der Waals surface area (Å²) >= 11 is 1.60. The minimum absolute atomic E-state index is 0.0159. The Morgan fingerprint density at radius 3 is 2.87 bits per heavy atom. The van der Waals surface area contributed by atoms with Crippen LogP contribution in [0.3, 0.4) is 0 Å². The molecular weight excluding hydrogens is 396 g/mol. The molecule has 0 radical (unpaired) electrons. The van der Waals surface area contributed by atoms with Crippen molar-refractivity contribution in [1.82, 2.24) is 19.8 Å². The number of aryl methyl sites for hydroxylation is 2. The Morgan fingerprint density at radius 1 is 1.30 bits per heavy atom. The smallest absolute Gasteiger partial charge is 0.262 e. The lowest BCUT2D eigenvalue weighted by molar-refractivity contribution is -0.122. The third-order valence-electron chi connectivity index (χ3n) is 5.87. The maximum atomic E-state index is 13.2. The predicted octanol–water partition coefficient (Wildman–Crippen LogP) is 3.28. The fourth-order valence-corrected chi connectivity index (χ4v) is 5.39. The number of hydrogen-bond donors (Lipinski definition) is 1. The minimum atomic E-state index is 0.0159. The average Bonchev–Trinajstić information content (AvgIpc) is 3.09. The number of piperidine rings is 1. The Labute approximate surface area is 180 Å². The molecule has 1 atom stereocenters. The molecule has 1 N–H and O–H groups in total. The van der Waals surface area contributed by atoms with Gasteiger partial charge < -0.3 is 5.32 Å². The van der Waals surface area contributed by atoms with Gasteiger partial charge in [-0.25, -0.2) is 4.98 Å². The normalized spacial score (nSPS) is 17.3. The zero-order valence-electron chi connectivity index (χ0n) is 17.6. The van der Waals surface area contributed by atoms with Crippen molar-refractivity contribution in [3.05, 3.63) is 63.0 Å². The number of nitrogens with zero attached hydrogens (tertiary/aromatic N) is 3. The van der Waals surface area contributed by atoms with E-state index in [2.05, 4.69) is 29.0 Å². The van der Waals surface area contributed by atoms with E-state index in [-0.39, 0.29) is 17.5 Å². The van der Waals surface area contributed by atoms with Gasteiger partial charge >= 0.3 is 0 Å². The topological polar surface area (TPSA) is 67.2 Å². The molecule has 1 unspecified atom stereocenters. The van der Waals surface area contributed by atoms with Crippen LogP contribution in [0.4, 0.5) is 0 Å². The summed E-state index contributed by atoms with van der Waals surface area (Å²) in [6.45, 7) is 6.60. The van der Waals surface area contributed by atoms with Gasteiger partial charge in [0.05, 0.1) is 24.3 Å². The van der Waals surface area contributed by atoms with Gasteiger partial charge in [-0.15, -0.1) is 11.3 Å². The van der Waals surface area contributed by atoms with Crippen LogP contribution in [0.5, 0.6) is 0 Å². The van der Waals surface area contributed by atoms with Crippen LogP contribution in [0.15, 0.2) is 41.5 Å². The van der Waals surface area contributed by atoms with Crippen LogP contribution in [-0.4, -0.2) is 40.0 Å². The van der Waals surface area contributed by atoms with Crippen molar-refractivity contribution >= 4 is 27.5 Å².